The van der Waals surface area contributed by atoms with Gasteiger partial charge in [-0.25, -0.2) is 0 Å². The van der Waals surface area contributed by atoms with E-state index in [-0.39, 0.29) is 18.6 Å². The van der Waals surface area contributed by atoms with Gasteiger partial charge in [0.1, 0.15) is 11.5 Å². The fourth-order valence-corrected chi connectivity index (χ4v) is 2.08. The van der Waals surface area contributed by atoms with Crippen LogP contribution < -0.4 is 14.8 Å². The van der Waals surface area contributed by atoms with Crippen molar-refractivity contribution in [2.45, 2.75) is 26.3 Å². The molecule has 0 radical (unpaired) electrons. The quantitative estimate of drug-likeness (QED) is 0.814. The summed E-state index contributed by atoms with van der Waals surface area (Å²) in [7, 11) is 0. The molecular formula is C17H21NO4. The van der Waals surface area contributed by atoms with Crippen LogP contribution in [0.3, 0.4) is 0 Å². The third kappa shape index (κ3) is 5.16. The molecule has 0 bridgehead atoms. The van der Waals surface area contributed by atoms with Gasteiger partial charge in [0.15, 0.2) is 6.61 Å². The molecule has 0 aliphatic heterocycles. The number of hydrogen-bond donors (Lipinski definition) is 1. The van der Waals surface area contributed by atoms with Crippen molar-refractivity contribution in [1.82, 2.24) is 5.32 Å². The van der Waals surface area contributed by atoms with Crippen LogP contribution in [0.2, 0.25) is 0 Å². The Hall–Kier alpha value is -2.43. The summed E-state index contributed by atoms with van der Waals surface area (Å²) in [6, 6.07) is 9.12. The van der Waals surface area contributed by atoms with Gasteiger partial charge in [-0.15, -0.1) is 0 Å². The first-order valence-corrected chi connectivity index (χ1v) is 7.33. The Morgan fingerprint density at radius 1 is 1.18 bits per heavy atom. The third-order valence-electron chi connectivity index (χ3n) is 3.03. The number of carbonyl (C=O) groups excluding carboxylic acids is 1. The van der Waals surface area contributed by atoms with Crippen LogP contribution in [0.15, 0.2) is 47.3 Å². The van der Waals surface area contributed by atoms with Gasteiger partial charge < -0.3 is 19.2 Å². The second kappa shape index (κ2) is 8.12. The Balaban J connectivity index is 1.72. The molecule has 5 nitrogen and oxygen atoms in total. The minimum Gasteiger partial charge on any atom is -0.494 e. The first-order chi connectivity index (χ1) is 10.7. The largest absolute Gasteiger partial charge is 0.494 e. The van der Waals surface area contributed by atoms with Gasteiger partial charge in [0.25, 0.3) is 5.91 Å². The lowest BCUT2D eigenvalue weighted by molar-refractivity contribution is -0.123. The molecule has 0 saturated carbocycles. The summed E-state index contributed by atoms with van der Waals surface area (Å²) in [5.74, 6) is 1.28. The van der Waals surface area contributed by atoms with Crippen molar-refractivity contribution >= 4 is 5.91 Å². The maximum Gasteiger partial charge on any atom is 0.258 e. The lowest BCUT2D eigenvalue weighted by Gasteiger charge is -2.13. The topological polar surface area (TPSA) is 60.7 Å². The molecule has 1 atom stereocenters. The van der Waals surface area contributed by atoms with Crippen LogP contribution in [0.4, 0.5) is 0 Å². The van der Waals surface area contributed by atoms with Crippen molar-refractivity contribution in [2.24, 2.45) is 0 Å². The zero-order valence-electron chi connectivity index (χ0n) is 12.9. The maximum atomic E-state index is 11.8. The smallest absolute Gasteiger partial charge is 0.258 e. The highest BCUT2D eigenvalue weighted by molar-refractivity contribution is 5.77. The molecule has 2 rings (SSSR count). The molecule has 22 heavy (non-hydrogen) atoms. The van der Waals surface area contributed by atoms with Crippen molar-refractivity contribution in [1.29, 1.82) is 0 Å². The molecule has 1 amide bonds. The summed E-state index contributed by atoms with van der Waals surface area (Å²) in [5, 5.41) is 2.89. The molecule has 1 aromatic heterocycles. The van der Waals surface area contributed by atoms with Gasteiger partial charge >= 0.3 is 0 Å². The number of carbonyl (C=O) groups is 1. The fourth-order valence-electron chi connectivity index (χ4n) is 2.08. The summed E-state index contributed by atoms with van der Waals surface area (Å²) in [6.07, 6.45) is 4.03. The Bertz CT molecular complexity index is 563. The highest BCUT2D eigenvalue weighted by atomic mass is 16.5. The average Bonchev–Trinajstić information content (AvgIpc) is 2.99. The van der Waals surface area contributed by atoms with Crippen LogP contribution >= 0.6 is 0 Å². The van der Waals surface area contributed by atoms with Gasteiger partial charge in [-0.1, -0.05) is 0 Å². The highest BCUT2D eigenvalue weighted by Gasteiger charge is 2.09. The number of ether oxygens (including phenoxy) is 2. The second-order valence-corrected chi connectivity index (χ2v) is 5.00. The summed E-state index contributed by atoms with van der Waals surface area (Å²) < 4.78 is 15.8. The fraction of sp³-hybridized carbons (Fsp3) is 0.353. The molecule has 1 aromatic carbocycles. The summed E-state index contributed by atoms with van der Waals surface area (Å²) >= 11 is 0. The number of amides is 1. The van der Waals surface area contributed by atoms with E-state index in [0.717, 1.165) is 17.7 Å². The molecule has 1 unspecified atom stereocenters. The van der Waals surface area contributed by atoms with E-state index >= 15 is 0 Å². The van der Waals surface area contributed by atoms with Gasteiger partial charge in [-0.05, 0) is 56.2 Å². The van der Waals surface area contributed by atoms with Crippen LogP contribution in [0.5, 0.6) is 11.5 Å². The molecule has 0 spiro atoms. The molecule has 118 valence electrons. The van der Waals surface area contributed by atoms with Crippen molar-refractivity contribution in [3.63, 3.8) is 0 Å². The number of hydrogen-bond acceptors (Lipinski definition) is 4. The summed E-state index contributed by atoms with van der Waals surface area (Å²) in [4.78, 5) is 11.8. The molecule has 1 N–H and O–H groups in total. The Morgan fingerprint density at radius 2 is 1.86 bits per heavy atom. The molecule has 0 aliphatic carbocycles. The zero-order valence-corrected chi connectivity index (χ0v) is 12.9. The van der Waals surface area contributed by atoms with Gasteiger partial charge in [0, 0.05) is 6.04 Å². The van der Waals surface area contributed by atoms with Gasteiger partial charge in [0.05, 0.1) is 19.1 Å². The average molecular weight is 303 g/mol. The second-order valence-electron chi connectivity index (χ2n) is 5.00. The normalized spacial score (nSPS) is 11.7. The van der Waals surface area contributed by atoms with Crippen LogP contribution in [0.1, 0.15) is 19.4 Å². The molecule has 2 aromatic rings. The Morgan fingerprint density at radius 3 is 2.45 bits per heavy atom. The number of furan rings is 1. The Kier molecular flexibility index (Phi) is 5.89. The maximum absolute atomic E-state index is 11.8. The van der Waals surface area contributed by atoms with Gasteiger partial charge in [0.2, 0.25) is 0 Å². The molecule has 0 saturated heterocycles. The number of rotatable bonds is 8. The van der Waals surface area contributed by atoms with Crippen LogP contribution in [-0.2, 0) is 11.2 Å². The van der Waals surface area contributed by atoms with Crippen molar-refractivity contribution < 1.29 is 18.7 Å². The molecular weight excluding hydrogens is 282 g/mol. The minimum atomic E-state index is -0.148. The summed E-state index contributed by atoms with van der Waals surface area (Å²) in [6.45, 7) is 4.49. The first-order valence-electron chi connectivity index (χ1n) is 7.33. The zero-order chi connectivity index (χ0) is 15.8. The van der Waals surface area contributed by atoms with E-state index in [1.54, 1.807) is 24.7 Å². The van der Waals surface area contributed by atoms with E-state index in [0.29, 0.717) is 12.4 Å². The van der Waals surface area contributed by atoms with Crippen LogP contribution in [0, 0.1) is 0 Å². The van der Waals surface area contributed by atoms with E-state index in [2.05, 4.69) is 5.32 Å². The lowest BCUT2D eigenvalue weighted by Crippen LogP contribution is -2.37. The highest BCUT2D eigenvalue weighted by Crippen LogP contribution is 2.17. The number of nitrogens with one attached hydrogen (secondary N) is 1. The first kappa shape index (κ1) is 15.9. The lowest BCUT2D eigenvalue weighted by atomic mass is 10.1. The summed E-state index contributed by atoms with van der Waals surface area (Å²) in [5.41, 5.74) is 1.06. The van der Waals surface area contributed by atoms with Crippen molar-refractivity contribution in [3.05, 3.63) is 48.4 Å². The minimum absolute atomic E-state index is 0.0102. The van der Waals surface area contributed by atoms with Gasteiger partial charge in [-0.3, -0.25) is 4.79 Å². The monoisotopic (exact) mass is 303 g/mol. The molecule has 1 heterocycles. The number of benzene rings is 1. The predicted octanol–water partition coefficient (Wildman–Crippen LogP) is 2.80. The van der Waals surface area contributed by atoms with E-state index in [9.17, 15) is 4.79 Å². The van der Waals surface area contributed by atoms with Gasteiger partial charge in [-0.2, -0.15) is 0 Å². The molecule has 5 heteroatoms. The van der Waals surface area contributed by atoms with E-state index < -0.39 is 0 Å². The molecule has 0 fully saturated rings. The van der Waals surface area contributed by atoms with Crippen molar-refractivity contribution in [3.8, 4) is 11.5 Å². The van der Waals surface area contributed by atoms with Crippen LogP contribution in [0.25, 0.3) is 0 Å². The third-order valence-corrected chi connectivity index (χ3v) is 3.03. The predicted molar refractivity (Wildman–Crippen MR) is 83.1 cm³/mol. The SMILES string of the molecule is CCOc1ccc(OCC(=O)NC(C)Cc2ccoc2)cc1. The van der Waals surface area contributed by atoms with Crippen molar-refractivity contribution in [2.75, 3.05) is 13.2 Å². The van der Waals surface area contributed by atoms with E-state index in [1.165, 1.54) is 0 Å². The molecule has 0 aliphatic rings. The van der Waals surface area contributed by atoms with E-state index in [4.69, 9.17) is 13.9 Å². The van der Waals surface area contributed by atoms with Crippen LogP contribution in [-0.4, -0.2) is 25.2 Å². The van der Waals surface area contributed by atoms with E-state index in [1.807, 2.05) is 32.0 Å². The standard InChI is InChI=1S/C17H21NO4/c1-3-21-15-4-6-16(7-5-15)22-12-17(19)18-13(2)10-14-8-9-20-11-14/h4-9,11,13H,3,10,12H2,1-2H3,(H,18,19). The Labute approximate surface area is 130 Å².